The van der Waals surface area contributed by atoms with E-state index in [1.54, 1.807) is 4.80 Å². The predicted molar refractivity (Wildman–Crippen MR) is 106 cm³/mol. The van der Waals surface area contributed by atoms with Crippen molar-refractivity contribution in [1.82, 2.24) is 15.0 Å². The molecular weight excluding hydrogens is 334 g/mol. The number of ether oxygens (including phenoxy) is 1. The quantitative estimate of drug-likeness (QED) is 0.516. The molecule has 4 heteroatoms. The maximum atomic E-state index is 6.24. The SMILES string of the molecule is C1=C(c2ccccc2)OC(c2ccccc2)=CC1n1nc2ccccc2n1. The van der Waals surface area contributed by atoms with E-state index in [1.807, 2.05) is 84.9 Å². The molecule has 1 aliphatic heterocycles. The molecule has 0 bridgehead atoms. The summed E-state index contributed by atoms with van der Waals surface area (Å²) in [4.78, 5) is 1.75. The van der Waals surface area contributed by atoms with E-state index in [9.17, 15) is 0 Å². The highest BCUT2D eigenvalue weighted by Crippen LogP contribution is 2.33. The van der Waals surface area contributed by atoms with Crippen molar-refractivity contribution in [3.8, 4) is 0 Å². The molecule has 1 aliphatic rings. The van der Waals surface area contributed by atoms with Gasteiger partial charge in [-0.1, -0.05) is 72.8 Å². The van der Waals surface area contributed by atoms with E-state index in [0.717, 1.165) is 33.7 Å². The van der Waals surface area contributed by atoms with Crippen LogP contribution in [-0.4, -0.2) is 15.0 Å². The summed E-state index contributed by atoms with van der Waals surface area (Å²) >= 11 is 0. The first-order chi connectivity index (χ1) is 13.4. The fourth-order valence-corrected chi connectivity index (χ4v) is 3.20. The van der Waals surface area contributed by atoms with E-state index >= 15 is 0 Å². The standard InChI is InChI=1S/C23H17N3O/c1-3-9-17(10-4-1)22-15-19(16-23(27-22)18-11-5-2-6-12-18)26-24-20-13-7-8-14-21(20)25-26/h1-16,19H. The van der Waals surface area contributed by atoms with Crippen LogP contribution in [0.15, 0.2) is 97.1 Å². The van der Waals surface area contributed by atoms with Gasteiger partial charge < -0.3 is 4.74 Å². The largest absolute Gasteiger partial charge is 0.457 e. The fourth-order valence-electron chi connectivity index (χ4n) is 3.20. The van der Waals surface area contributed by atoms with Crippen molar-refractivity contribution in [2.75, 3.05) is 0 Å². The third-order valence-electron chi connectivity index (χ3n) is 4.55. The zero-order valence-electron chi connectivity index (χ0n) is 14.6. The molecule has 4 aromatic rings. The molecule has 0 radical (unpaired) electrons. The van der Waals surface area contributed by atoms with Crippen molar-refractivity contribution in [2.24, 2.45) is 0 Å². The second-order valence-electron chi connectivity index (χ2n) is 6.40. The molecule has 27 heavy (non-hydrogen) atoms. The van der Waals surface area contributed by atoms with E-state index in [-0.39, 0.29) is 6.04 Å². The number of hydrogen-bond donors (Lipinski definition) is 0. The lowest BCUT2D eigenvalue weighted by atomic mass is 10.1. The van der Waals surface area contributed by atoms with Gasteiger partial charge in [-0.15, -0.1) is 0 Å². The second kappa shape index (κ2) is 6.57. The van der Waals surface area contributed by atoms with Crippen LogP contribution in [0.3, 0.4) is 0 Å². The molecule has 1 aromatic heterocycles. The third-order valence-corrected chi connectivity index (χ3v) is 4.55. The molecule has 0 unspecified atom stereocenters. The third kappa shape index (κ3) is 3.02. The molecule has 0 atom stereocenters. The van der Waals surface area contributed by atoms with Crippen LogP contribution < -0.4 is 0 Å². The average molecular weight is 351 g/mol. The number of rotatable bonds is 3. The molecule has 2 heterocycles. The molecule has 3 aromatic carbocycles. The van der Waals surface area contributed by atoms with Gasteiger partial charge in [0, 0.05) is 11.1 Å². The molecule has 4 nitrogen and oxygen atoms in total. The lowest BCUT2D eigenvalue weighted by molar-refractivity contribution is 0.436. The highest BCUT2D eigenvalue weighted by atomic mass is 16.5. The Kier molecular flexibility index (Phi) is 3.79. The van der Waals surface area contributed by atoms with Gasteiger partial charge in [0.25, 0.3) is 0 Å². The molecule has 0 N–H and O–H groups in total. The molecule has 0 fully saturated rings. The number of benzene rings is 3. The zero-order chi connectivity index (χ0) is 18.1. The highest BCUT2D eigenvalue weighted by Gasteiger charge is 2.21. The maximum absolute atomic E-state index is 6.24. The molecule has 0 amide bonds. The molecule has 0 spiro atoms. The number of allylic oxidation sites excluding steroid dienone is 2. The van der Waals surface area contributed by atoms with E-state index in [0.29, 0.717) is 0 Å². The van der Waals surface area contributed by atoms with Crippen LogP contribution >= 0.6 is 0 Å². The Morgan fingerprint density at radius 1 is 0.593 bits per heavy atom. The van der Waals surface area contributed by atoms with E-state index in [2.05, 4.69) is 22.3 Å². The first-order valence-corrected chi connectivity index (χ1v) is 8.91. The Bertz CT molecular complexity index is 1060. The predicted octanol–water partition coefficient (Wildman–Crippen LogP) is 5.08. The molecule has 0 aliphatic carbocycles. The first-order valence-electron chi connectivity index (χ1n) is 8.91. The van der Waals surface area contributed by atoms with Crippen LogP contribution in [0.2, 0.25) is 0 Å². The summed E-state index contributed by atoms with van der Waals surface area (Å²) in [6.07, 6.45) is 4.11. The first kappa shape index (κ1) is 15.6. The minimum Gasteiger partial charge on any atom is -0.457 e. The maximum Gasteiger partial charge on any atom is 0.133 e. The lowest BCUT2D eigenvalue weighted by Gasteiger charge is -2.22. The fraction of sp³-hybridized carbons (Fsp3) is 0.0435. The molecular formula is C23H17N3O. The number of hydrogen-bond acceptors (Lipinski definition) is 3. The van der Waals surface area contributed by atoms with Gasteiger partial charge in [-0.05, 0) is 24.3 Å². The van der Waals surface area contributed by atoms with E-state index in [4.69, 9.17) is 4.74 Å². The van der Waals surface area contributed by atoms with E-state index in [1.165, 1.54) is 0 Å². The molecule has 130 valence electrons. The van der Waals surface area contributed by atoms with Gasteiger partial charge in [-0.3, -0.25) is 0 Å². The smallest absolute Gasteiger partial charge is 0.133 e. The van der Waals surface area contributed by atoms with Gasteiger partial charge in [0.1, 0.15) is 28.6 Å². The summed E-state index contributed by atoms with van der Waals surface area (Å²) in [5.74, 6) is 1.62. The zero-order valence-corrected chi connectivity index (χ0v) is 14.6. The lowest BCUT2D eigenvalue weighted by Crippen LogP contribution is -2.13. The van der Waals surface area contributed by atoms with Crippen molar-refractivity contribution in [3.63, 3.8) is 0 Å². The van der Waals surface area contributed by atoms with Crippen LogP contribution in [0.1, 0.15) is 17.2 Å². The summed E-state index contributed by atoms with van der Waals surface area (Å²) in [5, 5.41) is 9.31. The summed E-state index contributed by atoms with van der Waals surface area (Å²) in [6, 6.07) is 28.0. The van der Waals surface area contributed by atoms with Crippen molar-refractivity contribution in [1.29, 1.82) is 0 Å². The van der Waals surface area contributed by atoms with Crippen molar-refractivity contribution < 1.29 is 4.74 Å². The van der Waals surface area contributed by atoms with Gasteiger partial charge in [-0.2, -0.15) is 15.0 Å². The van der Waals surface area contributed by atoms with Crippen molar-refractivity contribution >= 4 is 22.6 Å². The van der Waals surface area contributed by atoms with Gasteiger partial charge in [0.05, 0.1) is 0 Å². The summed E-state index contributed by atoms with van der Waals surface area (Å²) in [6.45, 7) is 0. The van der Waals surface area contributed by atoms with Gasteiger partial charge in [0.2, 0.25) is 0 Å². The minimum absolute atomic E-state index is 0.128. The monoisotopic (exact) mass is 351 g/mol. The van der Waals surface area contributed by atoms with Gasteiger partial charge in [0.15, 0.2) is 0 Å². The molecule has 0 saturated heterocycles. The highest BCUT2D eigenvalue weighted by molar-refractivity contribution is 5.75. The summed E-state index contributed by atoms with van der Waals surface area (Å²) in [5.41, 5.74) is 3.82. The topological polar surface area (TPSA) is 39.9 Å². The summed E-state index contributed by atoms with van der Waals surface area (Å²) in [7, 11) is 0. The van der Waals surface area contributed by atoms with E-state index < -0.39 is 0 Å². The van der Waals surface area contributed by atoms with Crippen molar-refractivity contribution in [3.05, 3.63) is 108 Å². The van der Waals surface area contributed by atoms with Gasteiger partial charge in [-0.25, -0.2) is 0 Å². The molecule has 5 rings (SSSR count). The Morgan fingerprint density at radius 3 is 1.52 bits per heavy atom. The Labute approximate surface area is 157 Å². The number of nitrogens with zero attached hydrogens (tertiary/aromatic N) is 3. The molecule has 0 saturated carbocycles. The van der Waals surface area contributed by atoms with Gasteiger partial charge >= 0.3 is 0 Å². The minimum atomic E-state index is -0.128. The normalized spacial score (nSPS) is 14.5. The van der Waals surface area contributed by atoms with Crippen molar-refractivity contribution in [2.45, 2.75) is 6.04 Å². The van der Waals surface area contributed by atoms with Crippen LogP contribution in [0.4, 0.5) is 0 Å². The summed E-state index contributed by atoms with van der Waals surface area (Å²) < 4.78 is 6.24. The Morgan fingerprint density at radius 2 is 1.04 bits per heavy atom. The average Bonchev–Trinajstić information content (AvgIpc) is 3.19. The van der Waals surface area contributed by atoms with Crippen LogP contribution in [-0.2, 0) is 4.74 Å². The Balaban J connectivity index is 1.62. The number of aromatic nitrogens is 3. The van der Waals surface area contributed by atoms with Crippen LogP contribution in [0.5, 0.6) is 0 Å². The second-order valence-corrected chi connectivity index (χ2v) is 6.40. The Hall–Kier alpha value is -3.66. The number of fused-ring (bicyclic) bond motifs is 1. The van der Waals surface area contributed by atoms with Crippen LogP contribution in [0, 0.1) is 0 Å². The van der Waals surface area contributed by atoms with Crippen LogP contribution in [0.25, 0.3) is 22.6 Å².